The molecule has 4 rings (SSSR count). The zero-order valence-electron chi connectivity index (χ0n) is 17.9. The lowest BCUT2D eigenvalue weighted by Gasteiger charge is -2.13. The first-order valence-electron chi connectivity index (χ1n) is 10.4. The van der Waals surface area contributed by atoms with Crippen molar-refractivity contribution in [3.8, 4) is 11.4 Å². The number of carbonyl (C=O) groups excluding carboxylic acids is 1. The summed E-state index contributed by atoms with van der Waals surface area (Å²) in [6.07, 6.45) is 5.21. The van der Waals surface area contributed by atoms with Gasteiger partial charge in [-0.3, -0.25) is 9.48 Å². The molecule has 1 N–H and O–H groups in total. The highest BCUT2D eigenvalue weighted by Gasteiger charge is 2.21. The van der Waals surface area contributed by atoms with Crippen molar-refractivity contribution < 1.29 is 9.53 Å². The molecule has 1 amide bonds. The Bertz CT molecular complexity index is 1200. The van der Waals surface area contributed by atoms with Gasteiger partial charge in [-0.15, -0.1) is 0 Å². The molecule has 0 aliphatic heterocycles. The van der Waals surface area contributed by atoms with Gasteiger partial charge in [0, 0.05) is 29.2 Å². The number of amides is 1. The summed E-state index contributed by atoms with van der Waals surface area (Å²) in [5, 5.41) is 12.2. The monoisotopic (exact) mass is 449 g/mol. The molecule has 0 radical (unpaired) electrons. The number of benzene rings is 2. The molecule has 164 valence electrons. The van der Waals surface area contributed by atoms with Gasteiger partial charge in [0.1, 0.15) is 12.4 Å². The maximum Gasteiger partial charge on any atom is 0.259 e. The molecule has 2 aromatic carbocycles. The second-order valence-electron chi connectivity index (χ2n) is 7.59. The van der Waals surface area contributed by atoms with Crippen LogP contribution in [0.3, 0.4) is 0 Å². The molecule has 4 aromatic rings. The Kier molecular flexibility index (Phi) is 6.56. The summed E-state index contributed by atoms with van der Waals surface area (Å²) in [7, 11) is 0. The largest absolute Gasteiger partial charge is 0.492 e. The van der Waals surface area contributed by atoms with Gasteiger partial charge in [0.25, 0.3) is 5.91 Å². The number of rotatable bonds is 8. The smallest absolute Gasteiger partial charge is 0.259 e. The highest BCUT2D eigenvalue weighted by atomic mass is 35.5. The van der Waals surface area contributed by atoms with Crippen LogP contribution < -0.4 is 10.1 Å². The number of nitrogens with one attached hydrogen (secondary N) is 1. The standard InChI is InChI=1S/C24H24ClN5O2/c1-17(2)23-22(16-27-30(23)20-8-3-6-18(25)14-20)24(31)28-19-7-4-9-21(15-19)32-13-12-29-11-5-10-26-29/h3-11,14-17H,12-13H2,1-2H3,(H,28,31). The van der Waals surface area contributed by atoms with E-state index in [1.54, 1.807) is 33.9 Å². The Morgan fingerprint density at radius 3 is 2.72 bits per heavy atom. The number of hydrogen-bond acceptors (Lipinski definition) is 4. The van der Waals surface area contributed by atoms with Crippen molar-refractivity contribution in [3.63, 3.8) is 0 Å². The van der Waals surface area contributed by atoms with E-state index in [0.29, 0.717) is 35.2 Å². The van der Waals surface area contributed by atoms with Crippen molar-refractivity contribution in [2.75, 3.05) is 11.9 Å². The Morgan fingerprint density at radius 2 is 1.97 bits per heavy atom. The number of halogens is 1. The minimum Gasteiger partial charge on any atom is -0.492 e. The number of aromatic nitrogens is 4. The number of hydrogen-bond donors (Lipinski definition) is 1. The maximum absolute atomic E-state index is 13.1. The highest BCUT2D eigenvalue weighted by Crippen LogP contribution is 2.26. The minimum absolute atomic E-state index is 0.0780. The molecule has 0 spiro atoms. The number of nitrogens with zero attached hydrogens (tertiary/aromatic N) is 4. The van der Waals surface area contributed by atoms with Crippen molar-refractivity contribution in [2.24, 2.45) is 0 Å². The van der Waals surface area contributed by atoms with E-state index in [4.69, 9.17) is 16.3 Å². The van der Waals surface area contributed by atoms with E-state index in [0.717, 1.165) is 11.4 Å². The molecule has 2 heterocycles. The van der Waals surface area contributed by atoms with E-state index in [-0.39, 0.29) is 11.8 Å². The fourth-order valence-electron chi connectivity index (χ4n) is 3.45. The predicted octanol–water partition coefficient (Wildman–Crippen LogP) is 5.18. The van der Waals surface area contributed by atoms with Gasteiger partial charge in [0.05, 0.1) is 29.7 Å². The summed E-state index contributed by atoms with van der Waals surface area (Å²) in [5.74, 6) is 0.526. The quantitative estimate of drug-likeness (QED) is 0.402. The number of anilines is 1. The summed E-state index contributed by atoms with van der Waals surface area (Å²) in [4.78, 5) is 13.1. The second-order valence-corrected chi connectivity index (χ2v) is 8.03. The number of carbonyl (C=O) groups is 1. The molecule has 0 aliphatic carbocycles. The Morgan fingerprint density at radius 1 is 1.12 bits per heavy atom. The zero-order chi connectivity index (χ0) is 22.5. The average Bonchev–Trinajstić information content (AvgIpc) is 3.44. The Hall–Kier alpha value is -3.58. The van der Waals surface area contributed by atoms with Gasteiger partial charge in [0.2, 0.25) is 0 Å². The third-order valence-electron chi connectivity index (χ3n) is 4.89. The van der Waals surface area contributed by atoms with E-state index in [1.165, 1.54) is 0 Å². The molecule has 7 nitrogen and oxygen atoms in total. The third kappa shape index (κ3) is 5.00. The van der Waals surface area contributed by atoms with Crippen molar-refractivity contribution in [3.05, 3.63) is 89.5 Å². The lowest BCUT2D eigenvalue weighted by atomic mass is 10.0. The van der Waals surface area contributed by atoms with Crippen LogP contribution >= 0.6 is 11.6 Å². The van der Waals surface area contributed by atoms with Crippen LogP contribution in [-0.2, 0) is 6.54 Å². The molecule has 0 unspecified atom stereocenters. The normalized spacial score (nSPS) is 11.0. The minimum atomic E-state index is -0.226. The lowest BCUT2D eigenvalue weighted by molar-refractivity contribution is 0.102. The Balaban J connectivity index is 1.49. The van der Waals surface area contributed by atoms with Crippen LogP contribution in [0.15, 0.2) is 73.2 Å². The van der Waals surface area contributed by atoms with Crippen molar-refractivity contribution >= 4 is 23.2 Å². The molecule has 2 aromatic heterocycles. The van der Waals surface area contributed by atoms with E-state index in [1.807, 2.05) is 62.5 Å². The Labute approximate surface area is 191 Å². The van der Waals surface area contributed by atoms with Gasteiger partial charge in [-0.25, -0.2) is 4.68 Å². The molecule has 0 bridgehead atoms. The van der Waals surface area contributed by atoms with Crippen LogP contribution in [0.5, 0.6) is 5.75 Å². The maximum atomic E-state index is 13.1. The summed E-state index contributed by atoms with van der Waals surface area (Å²) in [6, 6.07) is 16.6. The van der Waals surface area contributed by atoms with Crippen LogP contribution in [0, 0.1) is 0 Å². The van der Waals surface area contributed by atoms with Crippen LogP contribution in [0.2, 0.25) is 5.02 Å². The van der Waals surface area contributed by atoms with Gasteiger partial charge in [0.15, 0.2) is 0 Å². The fourth-order valence-corrected chi connectivity index (χ4v) is 3.64. The van der Waals surface area contributed by atoms with Crippen LogP contribution in [0.4, 0.5) is 5.69 Å². The molecule has 0 saturated carbocycles. The van der Waals surface area contributed by atoms with Crippen molar-refractivity contribution in [2.45, 2.75) is 26.3 Å². The second kappa shape index (κ2) is 9.70. The van der Waals surface area contributed by atoms with Crippen molar-refractivity contribution in [1.29, 1.82) is 0 Å². The van der Waals surface area contributed by atoms with E-state index in [2.05, 4.69) is 15.5 Å². The zero-order valence-corrected chi connectivity index (χ0v) is 18.7. The van der Waals surface area contributed by atoms with Gasteiger partial charge in [-0.2, -0.15) is 10.2 Å². The van der Waals surface area contributed by atoms with Gasteiger partial charge in [-0.1, -0.05) is 37.6 Å². The first kappa shape index (κ1) is 21.6. The molecule has 0 atom stereocenters. The highest BCUT2D eigenvalue weighted by molar-refractivity contribution is 6.30. The van der Waals surface area contributed by atoms with Crippen LogP contribution in [-0.4, -0.2) is 32.1 Å². The molecule has 0 saturated heterocycles. The van der Waals surface area contributed by atoms with Gasteiger partial charge >= 0.3 is 0 Å². The van der Waals surface area contributed by atoms with E-state index < -0.39 is 0 Å². The summed E-state index contributed by atoms with van der Waals surface area (Å²) in [6.45, 7) is 5.18. The first-order valence-corrected chi connectivity index (χ1v) is 10.7. The third-order valence-corrected chi connectivity index (χ3v) is 5.13. The average molecular weight is 450 g/mol. The molecule has 0 fully saturated rings. The predicted molar refractivity (Wildman–Crippen MR) is 125 cm³/mol. The summed E-state index contributed by atoms with van der Waals surface area (Å²) < 4.78 is 9.37. The summed E-state index contributed by atoms with van der Waals surface area (Å²) >= 11 is 6.15. The molecule has 32 heavy (non-hydrogen) atoms. The van der Waals surface area contributed by atoms with Crippen molar-refractivity contribution in [1.82, 2.24) is 19.6 Å². The van der Waals surface area contributed by atoms with Crippen LogP contribution in [0.1, 0.15) is 35.8 Å². The van der Waals surface area contributed by atoms with Crippen LogP contribution in [0.25, 0.3) is 5.69 Å². The SMILES string of the molecule is CC(C)c1c(C(=O)Nc2cccc(OCCn3cccn3)c2)cnn1-c1cccc(Cl)c1. The molecule has 0 aliphatic rings. The first-order chi connectivity index (χ1) is 15.5. The molecular weight excluding hydrogens is 426 g/mol. The van der Waals surface area contributed by atoms with E-state index >= 15 is 0 Å². The molecule has 8 heteroatoms. The molecular formula is C24H24ClN5O2. The number of ether oxygens (including phenoxy) is 1. The lowest BCUT2D eigenvalue weighted by Crippen LogP contribution is -2.15. The fraction of sp³-hybridized carbons (Fsp3) is 0.208. The van der Waals surface area contributed by atoms with Gasteiger partial charge in [-0.05, 0) is 42.3 Å². The summed E-state index contributed by atoms with van der Waals surface area (Å²) in [5.41, 5.74) is 2.80. The topological polar surface area (TPSA) is 74.0 Å². The van der Waals surface area contributed by atoms with E-state index in [9.17, 15) is 4.79 Å². The van der Waals surface area contributed by atoms with Gasteiger partial charge < -0.3 is 10.1 Å².